The van der Waals surface area contributed by atoms with Crippen molar-refractivity contribution in [3.8, 4) is 0 Å². The summed E-state index contributed by atoms with van der Waals surface area (Å²) in [5.41, 5.74) is 2.97. The number of carbonyl (C=O) groups is 1. The SMILES string of the molecule is O=C1CCCN1c1cccc(NCc2ccccn2)c1. The highest BCUT2D eigenvalue weighted by atomic mass is 16.2. The number of anilines is 2. The highest BCUT2D eigenvalue weighted by Crippen LogP contribution is 2.24. The molecule has 1 N–H and O–H groups in total. The molecule has 0 radical (unpaired) electrons. The van der Waals surface area contributed by atoms with Crippen LogP contribution in [0.3, 0.4) is 0 Å². The lowest BCUT2D eigenvalue weighted by molar-refractivity contribution is -0.117. The molecule has 1 aromatic heterocycles. The molecule has 0 saturated carbocycles. The second-order valence-electron chi connectivity index (χ2n) is 4.87. The van der Waals surface area contributed by atoms with Gasteiger partial charge in [0.05, 0.1) is 12.2 Å². The highest BCUT2D eigenvalue weighted by Gasteiger charge is 2.21. The fraction of sp³-hybridized carbons (Fsp3) is 0.250. The lowest BCUT2D eigenvalue weighted by atomic mass is 10.2. The minimum Gasteiger partial charge on any atom is -0.379 e. The predicted molar refractivity (Wildman–Crippen MR) is 79.6 cm³/mol. The second-order valence-corrected chi connectivity index (χ2v) is 4.87. The average Bonchev–Trinajstić information content (AvgIpc) is 2.93. The van der Waals surface area contributed by atoms with Gasteiger partial charge in [0, 0.05) is 30.5 Å². The van der Waals surface area contributed by atoms with Crippen LogP contribution in [0.1, 0.15) is 18.5 Å². The van der Waals surface area contributed by atoms with Gasteiger partial charge in [-0.25, -0.2) is 0 Å². The normalized spacial score (nSPS) is 14.6. The van der Waals surface area contributed by atoms with Gasteiger partial charge in [-0.1, -0.05) is 12.1 Å². The Balaban J connectivity index is 1.70. The van der Waals surface area contributed by atoms with Crippen LogP contribution in [0.25, 0.3) is 0 Å². The number of benzene rings is 1. The largest absolute Gasteiger partial charge is 0.379 e. The van der Waals surface area contributed by atoms with E-state index in [1.54, 1.807) is 6.20 Å². The fourth-order valence-corrected chi connectivity index (χ4v) is 2.40. The van der Waals surface area contributed by atoms with Crippen molar-refractivity contribution in [3.63, 3.8) is 0 Å². The molecule has 0 spiro atoms. The Morgan fingerprint density at radius 3 is 2.90 bits per heavy atom. The van der Waals surface area contributed by atoms with Crippen LogP contribution in [-0.2, 0) is 11.3 Å². The van der Waals surface area contributed by atoms with Gasteiger partial charge in [0.2, 0.25) is 5.91 Å². The summed E-state index contributed by atoms with van der Waals surface area (Å²) in [6, 6.07) is 13.9. The van der Waals surface area contributed by atoms with E-state index in [2.05, 4.69) is 10.3 Å². The zero-order valence-corrected chi connectivity index (χ0v) is 11.2. The smallest absolute Gasteiger partial charge is 0.227 e. The molecule has 1 amide bonds. The zero-order chi connectivity index (χ0) is 13.8. The van der Waals surface area contributed by atoms with Crippen molar-refractivity contribution in [1.29, 1.82) is 0 Å². The summed E-state index contributed by atoms with van der Waals surface area (Å²) in [5, 5.41) is 3.34. The minimum absolute atomic E-state index is 0.215. The van der Waals surface area contributed by atoms with Crippen LogP contribution in [0, 0.1) is 0 Å². The molecule has 102 valence electrons. The van der Waals surface area contributed by atoms with Gasteiger partial charge in [-0.05, 0) is 36.8 Å². The molecule has 4 nitrogen and oxygen atoms in total. The third-order valence-corrected chi connectivity index (χ3v) is 3.43. The van der Waals surface area contributed by atoms with Crippen molar-refractivity contribution in [3.05, 3.63) is 54.4 Å². The number of amides is 1. The molecule has 20 heavy (non-hydrogen) atoms. The first-order valence-electron chi connectivity index (χ1n) is 6.87. The van der Waals surface area contributed by atoms with Crippen LogP contribution < -0.4 is 10.2 Å². The van der Waals surface area contributed by atoms with Crippen molar-refractivity contribution in [1.82, 2.24) is 4.98 Å². The fourth-order valence-electron chi connectivity index (χ4n) is 2.40. The van der Waals surface area contributed by atoms with Gasteiger partial charge in [0.25, 0.3) is 0 Å². The Hall–Kier alpha value is -2.36. The number of carbonyl (C=O) groups excluding carboxylic acids is 1. The van der Waals surface area contributed by atoms with E-state index >= 15 is 0 Å². The van der Waals surface area contributed by atoms with Crippen LogP contribution in [-0.4, -0.2) is 17.4 Å². The van der Waals surface area contributed by atoms with E-state index in [9.17, 15) is 4.79 Å². The van der Waals surface area contributed by atoms with E-state index in [-0.39, 0.29) is 5.91 Å². The maximum Gasteiger partial charge on any atom is 0.227 e. The summed E-state index contributed by atoms with van der Waals surface area (Å²) in [6.07, 6.45) is 3.40. The Morgan fingerprint density at radius 2 is 2.15 bits per heavy atom. The van der Waals surface area contributed by atoms with Gasteiger partial charge in [0.1, 0.15) is 0 Å². The van der Waals surface area contributed by atoms with Crippen molar-refractivity contribution in [2.45, 2.75) is 19.4 Å². The molecule has 3 rings (SSSR count). The number of hydrogen-bond acceptors (Lipinski definition) is 3. The van der Waals surface area contributed by atoms with Crippen LogP contribution >= 0.6 is 0 Å². The van der Waals surface area contributed by atoms with Gasteiger partial charge in [-0.3, -0.25) is 9.78 Å². The summed E-state index contributed by atoms with van der Waals surface area (Å²) in [4.78, 5) is 17.9. The lowest BCUT2D eigenvalue weighted by Gasteiger charge is -2.17. The lowest BCUT2D eigenvalue weighted by Crippen LogP contribution is -2.23. The molecule has 4 heteroatoms. The first kappa shape index (κ1) is 12.7. The number of hydrogen-bond donors (Lipinski definition) is 1. The Bertz CT molecular complexity index is 598. The zero-order valence-electron chi connectivity index (χ0n) is 11.2. The van der Waals surface area contributed by atoms with Crippen LogP contribution in [0.5, 0.6) is 0 Å². The molecule has 0 atom stereocenters. The monoisotopic (exact) mass is 267 g/mol. The Labute approximate surface area is 118 Å². The third-order valence-electron chi connectivity index (χ3n) is 3.43. The van der Waals surface area contributed by atoms with E-state index in [0.29, 0.717) is 13.0 Å². The average molecular weight is 267 g/mol. The quantitative estimate of drug-likeness (QED) is 0.926. The van der Waals surface area contributed by atoms with E-state index in [1.165, 1.54) is 0 Å². The molecular formula is C16H17N3O. The molecule has 1 saturated heterocycles. The third kappa shape index (κ3) is 2.79. The molecule has 0 aliphatic carbocycles. The summed E-state index contributed by atoms with van der Waals surface area (Å²) >= 11 is 0. The van der Waals surface area contributed by atoms with Gasteiger partial charge >= 0.3 is 0 Å². The van der Waals surface area contributed by atoms with Crippen molar-refractivity contribution >= 4 is 17.3 Å². The Morgan fingerprint density at radius 1 is 1.20 bits per heavy atom. The molecule has 2 heterocycles. The molecular weight excluding hydrogens is 250 g/mol. The van der Waals surface area contributed by atoms with E-state index in [4.69, 9.17) is 0 Å². The van der Waals surface area contributed by atoms with Gasteiger partial charge in [0.15, 0.2) is 0 Å². The number of pyridine rings is 1. The molecule has 1 aliphatic heterocycles. The predicted octanol–water partition coefficient (Wildman–Crippen LogP) is 2.82. The minimum atomic E-state index is 0.215. The van der Waals surface area contributed by atoms with Crippen LogP contribution in [0.15, 0.2) is 48.7 Å². The summed E-state index contributed by atoms with van der Waals surface area (Å²) in [5.74, 6) is 0.215. The molecule has 0 unspecified atom stereocenters. The molecule has 2 aromatic rings. The van der Waals surface area contributed by atoms with Crippen molar-refractivity contribution in [2.24, 2.45) is 0 Å². The second kappa shape index (κ2) is 5.74. The van der Waals surface area contributed by atoms with Crippen LogP contribution in [0.4, 0.5) is 11.4 Å². The maximum absolute atomic E-state index is 11.8. The van der Waals surface area contributed by atoms with Gasteiger partial charge in [-0.15, -0.1) is 0 Å². The van der Waals surface area contributed by atoms with Crippen molar-refractivity contribution < 1.29 is 4.79 Å². The van der Waals surface area contributed by atoms with Crippen molar-refractivity contribution in [2.75, 3.05) is 16.8 Å². The molecule has 1 aliphatic rings. The van der Waals surface area contributed by atoms with Gasteiger partial charge < -0.3 is 10.2 Å². The van der Waals surface area contributed by atoms with Gasteiger partial charge in [-0.2, -0.15) is 0 Å². The first-order valence-corrected chi connectivity index (χ1v) is 6.87. The maximum atomic E-state index is 11.8. The summed E-state index contributed by atoms with van der Waals surface area (Å²) < 4.78 is 0. The number of rotatable bonds is 4. The Kier molecular flexibility index (Phi) is 3.63. The topological polar surface area (TPSA) is 45.2 Å². The van der Waals surface area contributed by atoms with E-state index in [0.717, 1.165) is 30.0 Å². The van der Waals surface area contributed by atoms with E-state index in [1.807, 2.05) is 47.4 Å². The number of nitrogens with one attached hydrogen (secondary N) is 1. The molecule has 1 aromatic carbocycles. The molecule has 0 bridgehead atoms. The summed E-state index contributed by atoms with van der Waals surface area (Å²) in [7, 11) is 0. The first-order chi connectivity index (χ1) is 9.83. The van der Waals surface area contributed by atoms with Crippen LogP contribution in [0.2, 0.25) is 0 Å². The number of nitrogens with zero attached hydrogens (tertiary/aromatic N) is 2. The number of aromatic nitrogens is 1. The standard InChI is InChI=1S/C16H17N3O/c20-16-8-4-10-19(16)15-7-3-6-13(11-15)18-12-14-5-1-2-9-17-14/h1-3,5-7,9,11,18H,4,8,10,12H2. The highest BCUT2D eigenvalue weighted by molar-refractivity contribution is 5.95. The van der Waals surface area contributed by atoms with E-state index < -0.39 is 0 Å². The summed E-state index contributed by atoms with van der Waals surface area (Å²) in [6.45, 7) is 1.50. The molecule has 1 fully saturated rings.